The van der Waals surface area contributed by atoms with E-state index in [0.29, 0.717) is 38.5 Å². The van der Waals surface area contributed by atoms with Crippen LogP contribution in [0.3, 0.4) is 0 Å². The van der Waals surface area contributed by atoms with Crippen molar-refractivity contribution in [2.75, 3.05) is 31.2 Å². The Hall–Kier alpha value is -2.67. The number of benzene rings is 1. The number of aromatic nitrogens is 2. The van der Waals surface area contributed by atoms with Gasteiger partial charge in [-0.15, -0.1) is 0 Å². The molecule has 1 aromatic carbocycles. The Morgan fingerprint density at radius 3 is 2.81 bits per heavy atom. The highest BCUT2D eigenvalue weighted by atomic mass is 16.5. The molecular formula is C20H26N4O3. The number of ether oxygens (including phenoxy) is 1. The van der Waals surface area contributed by atoms with Crippen LogP contribution >= 0.6 is 0 Å². The van der Waals surface area contributed by atoms with E-state index in [4.69, 9.17) is 4.74 Å². The third-order valence-corrected chi connectivity index (χ3v) is 4.51. The monoisotopic (exact) mass is 370 g/mol. The third-order valence-electron chi connectivity index (χ3n) is 4.51. The number of rotatable bonds is 8. The van der Waals surface area contributed by atoms with Crippen LogP contribution in [0.2, 0.25) is 0 Å². The van der Waals surface area contributed by atoms with Crippen LogP contribution < -0.4 is 10.2 Å². The average Bonchev–Trinajstić information content (AvgIpc) is 3.09. The van der Waals surface area contributed by atoms with Gasteiger partial charge < -0.3 is 10.1 Å². The Kier molecular flexibility index (Phi) is 6.24. The lowest BCUT2D eigenvalue weighted by molar-refractivity contribution is -0.124. The number of amides is 2. The Morgan fingerprint density at radius 2 is 2.07 bits per heavy atom. The largest absolute Gasteiger partial charge is 0.382 e. The Labute approximate surface area is 159 Å². The molecule has 1 aromatic heterocycles. The molecule has 0 bridgehead atoms. The summed E-state index contributed by atoms with van der Waals surface area (Å²) in [6.45, 7) is 6.34. The molecule has 0 spiro atoms. The van der Waals surface area contributed by atoms with Gasteiger partial charge in [0.05, 0.1) is 12.2 Å². The number of fused-ring (bicyclic) bond motifs is 1. The second kappa shape index (κ2) is 8.81. The van der Waals surface area contributed by atoms with Gasteiger partial charge in [0.2, 0.25) is 11.8 Å². The van der Waals surface area contributed by atoms with Crippen LogP contribution in [0.25, 0.3) is 11.3 Å². The van der Waals surface area contributed by atoms with E-state index >= 15 is 0 Å². The summed E-state index contributed by atoms with van der Waals surface area (Å²) in [6.07, 6.45) is 1.10. The number of hydrogen-bond acceptors (Lipinski definition) is 4. The number of carbonyl (C=O) groups excluding carboxylic acids is 2. The van der Waals surface area contributed by atoms with Crippen LogP contribution in [0.4, 0.5) is 5.82 Å². The molecule has 3 rings (SSSR count). The van der Waals surface area contributed by atoms with E-state index in [0.717, 1.165) is 17.7 Å². The van der Waals surface area contributed by atoms with Crippen molar-refractivity contribution < 1.29 is 14.3 Å². The molecule has 2 heterocycles. The summed E-state index contributed by atoms with van der Waals surface area (Å²) in [5, 5.41) is 7.46. The smallest absolute Gasteiger partial charge is 0.240 e. The standard InChI is InChI=1S/C20H26N4O3/c1-3-27-12-4-10-21-18(25)14-23-19-13-17(16-7-5-15(2)6-8-16)22-24(19)11-9-20(23)26/h5-8,13H,3-4,9-12,14H2,1-2H3,(H,21,25). The zero-order valence-electron chi connectivity index (χ0n) is 15.9. The molecule has 2 aromatic rings. The molecule has 7 nitrogen and oxygen atoms in total. The summed E-state index contributed by atoms with van der Waals surface area (Å²) in [7, 11) is 0. The van der Waals surface area contributed by atoms with Gasteiger partial charge in [-0.3, -0.25) is 14.5 Å². The average molecular weight is 370 g/mol. The highest BCUT2D eigenvalue weighted by Gasteiger charge is 2.28. The molecule has 2 amide bonds. The van der Waals surface area contributed by atoms with Gasteiger partial charge >= 0.3 is 0 Å². The van der Waals surface area contributed by atoms with Crippen molar-refractivity contribution in [3.63, 3.8) is 0 Å². The Balaban J connectivity index is 1.68. The molecule has 27 heavy (non-hydrogen) atoms. The number of carbonyl (C=O) groups is 2. The van der Waals surface area contributed by atoms with Crippen molar-refractivity contribution in [1.29, 1.82) is 0 Å². The minimum atomic E-state index is -0.175. The maximum absolute atomic E-state index is 12.4. The van der Waals surface area contributed by atoms with Crippen molar-refractivity contribution in [3.8, 4) is 11.3 Å². The topological polar surface area (TPSA) is 76.5 Å². The van der Waals surface area contributed by atoms with Gasteiger partial charge in [0.15, 0.2) is 0 Å². The molecule has 1 aliphatic rings. The number of nitrogens with one attached hydrogen (secondary N) is 1. The second-order valence-electron chi connectivity index (χ2n) is 6.61. The van der Waals surface area contributed by atoms with Crippen molar-refractivity contribution in [1.82, 2.24) is 15.1 Å². The van der Waals surface area contributed by atoms with Crippen molar-refractivity contribution in [2.24, 2.45) is 0 Å². The van der Waals surface area contributed by atoms with Gasteiger partial charge in [-0.25, -0.2) is 4.68 Å². The first-order chi connectivity index (χ1) is 13.1. The summed E-state index contributed by atoms with van der Waals surface area (Å²) in [6, 6.07) is 9.98. The van der Waals surface area contributed by atoms with E-state index in [1.54, 1.807) is 4.68 Å². The SMILES string of the molecule is CCOCCCNC(=O)CN1C(=O)CCn2nc(-c3ccc(C)cc3)cc21. The second-order valence-corrected chi connectivity index (χ2v) is 6.61. The van der Waals surface area contributed by atoms with Crippen LogP contribution in [0.1, 0.15) is 25.3 Å². The van der Waals surface area contributed by atoms with Crippen LogP contribution in [-0.4, -0.2) is 47.9 Å². The molecular weight excluding hydrogens is 344 g/mol. The first kappa shape index (κ1) is 19.1. The fourth-order valence-electron chi connectivity index (χ4n) is 3.03. The molecule has 1 N–H and O–H groups in total. The third kappa shape index (κ3) is 4.74. The maximum Gasteiger partial charge on any atom is 0.240 e. The van der Waals surface area contributed by atoms with Crippen LogP contribution in [-0.2, 0) is 20.9 Å². The van der Waals surface area contributed by atoms with Crippen molar-refractivity contribution in [3.05, 3.63) is 35.9 Å². The molecule has 0 saturated heterocycles. The number of aryl methyl sites for hydroxylation is 2. The molecule has 0 unspecified atom stereocenters. The molecule has 0 atom stereocenters. The number of anilines is 1. The summed E-state index contributed by atoms with van der Waals surface area (Å²) in [5.41, 5.74) is 2.98. The van der Waals surface area contributed by atoms with Gasteiger partial charge in [0.25, 0.3) is 0 Å². The zero-order valence-corrected chi connectivity index (χ0v) is 15.9. The quantitative estimate of drug-likeness (QED) is 0.723. The van der Waals surface area contributed by atoms with Crippen LogP contribution in [0.15, 0.2) is 30.3 Å². The molecule has 7 heteroatoms. The van der Waals surface area contributed by atoms with Crippen molar-refractivity contribution >= 4 is 17.6 Å². The van der Waals surface area contributed by atoms with Gasteiger partial charge in [0, 0.05) is 37.8 Å². The van der Waals surface area contributed by atoms with E-state index in [9.17, 15) is 9.59 Å². The van der Waals surface area contributed by atoms with E-state index in [2.05, 4.69) is 10.4 Å². The molecule has 0 radical (unpaired) electrons. The lowest BCUT2D eigenvalue weighted by Crippen LogP contribution is -2.44. The lowest BCUT2D eigenvalue weighted by atomic mass is 10.1. The van der Waals surface area contributed by atoms with Gasteiger partial charge in [0.1, 0.15) is 12.4 Å². The predicted molar refractivity (Wildman–Crippen MR) is 103 cm³/mol. The van der Waals surface area contributed by atoms with E-state index in [1.165, 1.54) is 10.5 Å². The zero-order chi connectivity index (χ0) is 19.2. The number of nitrogens with zero attached hydrogens (tertiary/aromatic N) is 3. The minimum Gasteiger partial charge on any atom is -0.382 e. The first-order valence-electron chi connectivity index (χ1n) is 9.38. The minimum absolute atomic E-state index is 0.00645. The normalized spacial score (nSPS) is 13.6. The van der Waals surface area contributed by atoms with E-state index in [1.807, 2.05) is 44.2 Å². The van der Waals surface area contributed by atoms with Gasteiger partial charge in [-0.2, -0.15) is 5.10 Å². The molecule has 144 valence electrons. The summed E-state index contributed by atoms with van der Waals surface area (Å²) in [5.74, 6) is 0.444. The van der Waals surface area contributed by atoms with Gasteiger partial charge in [-0.1, -0.05) is 29.8 Å². The number of hydrogen-bond donors (Lipinski definition) is 1. The molecule has 1 aliphatic heterocycles. The van der Waals surface area contributed by atoms with Crippen molar-refractivity contribution in [2.45, 2.75) is 33.2 Å². The van der Waals surface area contributed by atoms with Gasteiger partial charge in [-0.05, 0) is 20.3 Å². The Bertz CT molecular complexity index is 798. The fraction of sp³-hybridized carbons (Fsp3) is 0.450. The van der Waals surface area contributed by atoms with Crippen LogP contribution in [0.5, 0.6) is 0 Å². The van der Waals surface area contributed by atoms with E-state index < -0.39 is 0 Å². The molecule has 0 saturated carbocycles. The van der Waals surface area contributed by atoms with E-state index in [-0.39, 0.29) is 18.4 Å². The summed E-state index contributed by atoms with van der Waals surface area (Å²) < 4.78 is 7.06. The highest BCUT2D eigenvalue weighted by Crippen LogP contribution is 2.28. The summed E-state index contributed by atoms with van der Waals surface area (Å²) in [4.78, 5) is 26.1. The maximum atomic E-state index is 12.4. The lowest BCUT2D eigenvalue weighted by Gasteiger charge is -2.26. The molecule has 0 aliphatic carbocycles. The molecule has 0 fully saturated rings. The first-order valence-corrected chi connectivity index (χ1v) is 9.38. The predicted octanol–water partition coefficient (Wildman–Crippen LogP) is 2.14. The highest BCUT2D eigenvalue weighted by molar-refractivity contribution is 5.99. The van der Waals surface area contributed by atoms with Crippen LogP contribution in [0, 0.1) is 6.92 Å². The summed E-state index contributed by atoms with van der Waals surface area (Å²) >= 11 is 0. The fourth-order valence-corrected chi connectivity index (χ4v) is 3.03. The Morgan fingerprint density at radius 1 is 1.30 bits per heavy atom.